The maximum absolute atomic E-state index is 12.3. The van der Waals surface area contributed by atoms with Crippen molar-refractivity contribution in [2.75, 3.05) is 13.1 Å². The second-order valence-corrected chi connectivity index (χ2v) is 7.33. The number of hydrogen-bond donors (Lipinski definition) is 1. The van der Waals surface area contributed by atoms with Crippen LogP contribution in [-0.4, -0.2) is 44.0 Å². The molecular formula is C11H14N2O4S2. The van der Waals surface area contributed by atoms with Crippen LogP contribution in [0.25, 0.3) is 0 Å². The van der Waals surface area contributed by atoms with Crippen LogP contribution >= 0.6 is 11.3 Å². The van der Waals surface area contributed by atoms with Gasteiger partial charge in [-0.25, -0.2) is 8.42 Å². The Bertz CT molecular complexity index is 553. The first kappa shape index (κ1) is 14.2. The van der Waals surface area contributed by atoms with E-state index in [4.69, 9.17) is 0 Å². The lowest BCUT2D eigenvalue weighted by molar-refractivity contribution is -0.123. The highest BCUT2D eigenvalue weighted by atomic mass is 32.2. The highest BCUT2D eigenvalue weighted by Gasteiger charge is 2.32. The summed E-state index contributed by atoms with van der Waals surface area (Å²) in [5.41, 5.74) is 0. The molecule has 1 aliphatic heterocycles. The van der Waals surface area contributed by atoms with E-state index in [1.54, 1.807) is 11.4 Å². The molecule has 1 amide bonds. The van der Waals surface area contributed by atoms with Gasteiger partial charge in [-0.1, -0.05) is 6.07 Å². The molecule has 2 rings (SSSR count). The van der Waals surface area contributed by atoms with E-state index in [1.807, 2.05) is 0 Å². The number of thiophene rings is 1. The first-order valence-electron chi connectivity index (χ1n) is 5.82. The van der Waals surface area contributed by atoms with Gasteiger partial charge in [-0.15, -0.1) is 11.3 Å². The van der Waals surface area contributed by atoms with Gasteiger partial charge >= 0.3 is 0 Å². The molecule has 1 fully saturated rings. The van der Waals surface area contributed by atoms with Gasteiger partial charge in [-0.3, -0.25) is 9.59 Å². The number of Topliss-reactive ketones (excluding diaryl/α,β-unsaturated/α-hetero) is 1. The van der Waals surface area contributed by atoms with E-state index in [-0.39, 0.29) is 16.5 Å². The average molecular weight is 302 g/mol. The van der Waals surface area contributed by atoms with Gasteiger partial charge in [0.05, 0.1) is 12.6 Å². The van der Waals surface area contributed by atoms with Crippen LogP contribution < -0.4 is 5.32 Å². The van der Waals surface area contributed by atoms with E-state index < -0.39 is 16.1 Å². The fourth-order valence-electron chi connectivity index (χ4n) is 2.00. The Morgan fingerprint density at radius 3 is 2.89 bits per heavy atom. The van der Waals surface area contributed by atoms with Crippen molar-refractivity contribution < 1.29 is 18.0 Å². The Balaban J connectivity index is 2.18. The summed E-state index contributed by atoms with van der Waals surface area (Å²) in [6.07, 6.45) is 1.49. The summed E-state index contributed by atoms with van der Waals surface area (Å²) in [6.45, 7) is 0.106. The Hall–Kier alpha value is -1.25. The summed E-state index contributed by atoms with van der Waals surface area (Å²) in [5.74, 6) is -0.273. The fraction of sp³-hybridized carbons (Fsp3) is 0.455. The third-order valence-electron chi connectivity index (χ3n) is 2.98. The number of hydrogen-bond acceptors (Lipinski definition) is 5. The van der Waals surface area contributed by atoms with Crippen molar-refractivity contribution in [1.82, 2.24) is 9.62 Å². The van der Waals surface area contributed by atoms with Gasteiger partial charge < -0.3 is 5.32 Å². The SMILES string of the molecule is O=CNC1CCCN(S(=O)(=O)c2cccs2)CC1=O. The number of nitrogens with zero attached hydrogens (tertiary/aromatic N) is 1. The van der Waals surface area contributed by atoms with E-state index >= 15 is 0 Å². The summed E-state index contributed by atoms with van der Waals surface area (Å²) in [6, 6.07) is 2.60. The van der Waals surface area contributed by atoms with Crippen molar-refractivity contribution in [3.05, 3.63) is 17.5 Å². The zero-order valence-corrected chi connectivity index (χ0v) is 11.7. The minimum atomic E-state index is -3.60. The molecule has 6 nitrogen and oxygen atoms in total. The van der Waals surface area contributed by atoms with Crippen LogP contribution in [-0.2, 0) is 19.6 Å². The number of rotatable bonds is 4. The number of amides is 1. The highest BCUT2D eigenvalue weighted by Crippen LogP contribution is 2.22. The molecule has 0 saturated carbocycles. The van der Waals surface area contributed by atoms with Gasteiger partial charge in [-0.05, 0) is 24.3 Å². The van der Waals surface area contributed by atoms with Gasteiger partial charge in [0.15, 0.2) is 5.78 Å². The Morgan fingerprint density at radius 1 is 1.47 bits per heavy atom. The van der Waals surface area contributed by atoms with E-state index in [1.165, 1.54) is 10.4 Å². The molecule has 2 heterocycles. The molecule has 1 N–H and O–H groups in total. The quantitative estimate of drug-likeness (QED) is 0.806. The Kier molecular flexibility index (Phi) is 4.33. The third-order valence-corrected chi connectivity index (χ3v) is 6.20. The molecule has 0 bridgehead atoms. The van der Waals surface area contributed by atoms with Gasteiger partial charge in [0.25, 0.3) is 10.0 Å². The molecule has 0 aliphatic carbocycles. The second kappa shape index (κ2) is 5.81. The molecule has 1 saturated heterocycles. The maximum atomic E-state index is 12.3. The van der Waals surface area contributed by atoms with Crippen LogP contribution in [0.15, 0.2) is 21.7 Å². The molecule has 1 unspecified atom stereocenters. The largest absolute Gasteiger partial charge is 0.349 e. The zero-order valence-electron chi connectivity index (χ0n) is 10.1. The van der Waals surface area contributed by atoms with Gasteiger partial charge in [0.2, 0.25) is 6.41 Å². The van der Waals surface area contributed by atoms with E-state index in [9.17, 15) is 18.0 Å². The molecule has 19 heavy (non-hydrogen) atoms. The first-order chi connectivity index (χ1) is 9.05. The van der Waals surface area contributed by atoms with Crippen molar-refractivity contribution in [2.24, 2.45) is 0 Å². The van der Waals surface area contributed by atoms with Crippen molar-refractivity contribution in [1.29, 1.82) is 0 Å². The minimum absolute atomic E-state index is 0.189. The van der Waals surface area contributed by atoms with Gasteiger partial charge in [-0.2, -0.15) is 4.31 Å². The van der Waals surface area contributed by atoms with Crippen LogP contribution in [0.5, 0.6) is 0 Å². The fourth-order valence-corrected chi connectivity index (χ4v) is 4.59. The molecule has 1 atom stereocenters. The van der Waals surface area contributed by atoms with E-state index in [0.717, 1.165) is 11.3 Å². The van der Waals surface area contributed by atoms with Crippen LogP contribution in [0, 0.1) is 0 Å². The molecule has 0 radical (unpaired) electrons. The average Bonchev–Trinajstić information content (AvgIpc) is 2.84. The zero-order chi connectivity index (χ0) is 13.9. The predicted molar refractivity (Wildman–Crippen MR) is 70.3 cm³/mol. The van der Waals surface area contributed by atoms with Crippen molar-refractivity contribution >= 4 is 33.6 Å². The molecule has 1 aromatic heterocycles. The molecule has 8 heteroatoms. The standard InChI is InChI=1S/C11H14N2O4S2/c14-8-12-9-3-1-5-13(7-10(9)15)19(16,17)11-4-2-6-18-11/h2,4,6,8-9H,1,3,5,7H2,(H,12,14). The Labute approximate surface area is 115 Å². The van der Waals surface area contributed by atoms with E-state index in [0.29, 0.717) is 25.8 Å². The van der Waals surface area contributed by atoms with Crippen LogP contribution in [0.1, 0.15) is 12.8 Å². The van der Waals surface area contributed by atoms with Gasteiger partial charge in [0.1, 0.15) is 4.21 Å². The Morgan fingerprint density at radius 2 is 2.26 bits per heavy atom. The lowest BCUT2D eigenvalue weighted by Gasteiger charge is -2.18. The molecule has 1 aliphatic rings. The number of carbonyl (C=O) groups excluding carboxylic acids is 2. The van der Waals surface area contributed by atoms with Crippen LogP contribution in [0.3, 0.4) is 0 Å². The van der Waals surface area contributed by atoms with E-state index in [2.05, 4.69) is 5.32 Å². The summed E-state index contributed by atoms with van der Waals surface area (Å²) >= 11 is 1.13. The molecular weight excluding hydrogens is 288 g/mol. The van der Waals surface area contributed by atoms with Gasteiger partial charge in [0, 0.05) is 6.54 Å². The molecule has 0 spiro atoms. The van der Waals surface area contributed by atoms with Crippen LogP contribution in [0.4, 0.5) is 0 Å². The maximum Gasteiger partial charge on any atom is 0.252 e. The predicted octanol–water partition coefficient (Wildman–Crippen LogP) is 0.216. The molecule has 1 aromatic rings. The topological polar surface area (TPSA) is 83.6 Å². The normalized spacial score (nSPS) is 21.9. The van der Waals surface area contributed by atoms with Crippen molar-refractivity contribution in [3.8, 4) is 0 Å². The number of nitrogens with one attached hydrogen (secondary N) is 1. The lowest BCUT2D eigenvalue weighted by Crippen LogP contribution is -2.41. The van der Waals surface area contributed by atoms with Crippen molar-refractivity contribution in [3.63, 3.8) is 0 Å². The second-order valence-electron chi connectivity index (χ2n) is 4.22. The minimum Gasteiger partial charge on any atom is -0.349 e. The lowest BCUT2D eigenvalue weighted by atomic mass is 10.1. The summed E-state index contributed by atoms with van der Waals surface area (Å²) in [4.78, 5) is 22.3. The number of carbonyl (C=O) groups is 2. The number of ketones is 1. The third kappa shape index (κ3) is 3.02. The summed E-state index contributed by atoms with van der Waals surface area (Å²) < 4.78 is 26.0. The smallest absolute Gasteiger partial charge is 0.252 e. The number of sulfonamides is 1. The van der Waals surface area contributed by atoms with Crippen LogP contribution in [0.2, 0.25) is 0 Å². The molecule has 104 valence electrons. The van der Waals surface area contributed by atoms with Crippen molar-refractivity contribution in [2.45, 2.75) is 23.1 Å². The summed E-state index contributed by atoms with van der Waals surface area (Å²) in [5, 5.41) is 4.12. The first-order valence-corrected chi connectivity index (χ1v) is 8.14. The monoisotopic (exact) mass is 302 g/mol. The summed E-state index contributed by atoms with van der Waals surface area (Å²) in [7, 11) is -3.60. The highest BCUT2D eigenvalue weighted by molar-refractivity contribution is 7.91. The molecule has 0 aromatic carbocycles.